The summed E-state index contributed by atoms with van der Waals surface area (Å²) in [5.41, 5.74) is 0.864. The van der Waals surface area contributed by atoms with Crippen molar-refractivity contribution in [2.45, 2.75) is 18.7 Å². The SMILES string of the molecule is CC(OS(=O)(=O)c1ccc(C)cc1)=C(F)F. The minimum Gasteiger partial charge on any atom is -0.378 e. The number of rotatable bonds is 3. The van der Waals surface area contributed by atoms with Gasteiger partial charge in [-0.3, -0.25) is 0 Å². The van der Waals surface area contributed by atoms with Gasteiger partial charge in [0.25, 0.3) is 0 Å². The lowest BCUT2D eigenvalue weighted by Crippen LogP contribution is -2.05. The predicted molar refractivity (Wildman–Crippen MR) is 54.4 cm³/mol. The molecule has 0 amide bonds. The normalized spacial score (nSPS) is 11.0. The zero-order valence-corrected chi connectivity index (χ0v) is 9.51. The first-order valence-corrected chi connectivity index (χ1v) is 5.77. The molecule has 0 fully saturated rings. The summed E-state index contributed by atoms with van der Waals surface area (Å²) in [4.78, 5) is -0.154. The molecular weight excluding hydrogens is 238 g/mol. The highest BCUT2D eigenvalue weighted by Crippen LogP contribution is 2.18. The maximum Gasteiger partial charge on any atom is 0.339 e. The van der Waals surface area contributed by atoms with Crippen LogP contribution in [-0.2, 0) is 14.3 Å². The highest BCUT2D eigenvalue weighted by molar-refractivity contribution is 7.86. The van der Waals surface area contributed by atoms with Crippen LogP contribution in [0, 0.1) is 6.92 Å². The van der Waals surface area contributed by atoms with Crippen LogP contribution in [0.4, 0.5) is 8.78 Å². The van der Waals surface area contributed by atoms with E-state index >= 15 is 0 Å². The van der Waals surface area contributed by atoms with E-state index in [0.29, 0.717) is 0 Å². The van der Waals surface area contributed by atoms with Crippen molar-refractivity contribution in [3.8, 4) is 0 Å². The maximum atomic E-state index is 12.0. The molecule has 6 heteroatoms. The minimum atomic E-state index is -4.16. The number of hydrogen-bond acceptors (Lipinski definition) is 3. The molecule has 3 nitrogen and oxygen atoms in total. The summed E-state index contributed by atoms with van der Waals surface area (Å²) in [7, 11) is -4.16. The molecule has 0 aliphatic heterocycles. The molecule has 0 bridgehead atoms. The Morgan fingerprint density at radius 2 is 1.69 bits per heavy atom. The average molecular weight is 248 g/mol. The number of hydrogen-bond donors (Lipinski definition) is 0. The van der Waals surface area contributed by atoms with Gasteiger partial charge in [0, 0.05) is 6.92 Å². The van der Waals surface area contributed by atoms with E-state index in [1.807, 2.05) is 0 Å². The summed E-state index contributed by atoms with van der Waals surface area (Å²) in [5, 5.41) is 0. The number of aryl methyl sites for hydroxylation is 1. The van der Waals surface area contributed by atoms with Crippen LogP contribution in [0.2, 0.25) is 0 Å². The Morgan fingerprint density at radius 3 is 2.12 bits per heavy atom. The van der Waals surface area contributed by atoms with Crippen molar-refractivity contribution < 1.29 is 21.4 Å². The highest BCUT2D eigenvalue weighted by Gasteiger charge is 2.18. The second-order valence-corrected chi connectivity index (χ2v) is 4.71. The Morgan fingerprint density at radius 1 is 1.19 bits per heavy atom. The van der Waals surface area contributed by atoms with Gasteiger partial charge in [-0.25, -0.2) is 0 Å². The fraction of sp³-hybridized carbons (Fsp3) is 0.200. The largest absolute Gasteiger partial charge is 0.378 e. The lowest BCUT2D eigenvalue weighted by atomic mass is 10.2. The molecule has 0 heterocycles. The third kappa shape index (κ3) is 3.03. The molecule has 0 aromatic heterocycles. The Kier molecular flexibility index (Phi) is 3.64. The predicted octanol–water partition coefficient (Wildman–Crippen LogP) is 2.83. The standard InChI is InChI=1S/C10H10F2O3S/c1-7-3-5-9(6-4-7)16(13,14)15-8(2)10(11)12/h3-6H,1-2H3. The van der Waals surface area contributed by atoms with E-state index in [1.165, 1.54) is 12.1 Å². The molecule has 0 saturated carbocycles. The Bertz CT molecular complexity index is 499. The summed E-state index contributed by atoms with van der Waals surface area (Å²) in [6.07, 6.45) is -2.16. The van der Waals surface area contributed by atoms with Crippen molar-refractivity contribution in [1.82, 2.24) is 0 Å². The summed E-state index contributed by atoms with van der Waals surface area (Å²) in [5.74, 6) is -0.916. The summed E-state index contributed by atoms with van der Waals surface area (Å²) < 4.78 is 51.2. The van der Waals surface area contributed by atoms with Crippen LogP contribution in [0.5, 0.6) is 0 Å². The third-order valence-electron chi connectivity index (χ3n) is 1.81. The third-order valence-corrected chi connectivity index (χ3v) is 3.13. The van der Waals surface area contributed by atoms with E-state index in [1.54, 1.807) is 19.1 Å². The minimum absolute atomic E-state index is 0.154. The smallest absolute Gasteiger partial charge is 0.339 e. The second kappa shape index (κ2) is 4.61. The molecule has 0 radical (unpaired) electrons. The van der Waals surface area contributed by atoms with Crippen molar-refractivity contribution in [3.63, 3.8) is 0 Å². The topological polar surface area (TPSA) is 43.4 Å². The van der Waals surface area contributed by atoms with Crippen LogP contribution in [-0.4, -0.2) is 8.42 Å². The van der Waals surface area contributed by atoms with Gasteiger partial charge in [0.1, 0.15) is 4.90 Å². The van der Waals surface area contributed by atoms with E-state index in [9.17, 15) is 17.2 Å². The van der Waals surface area contributed by atoms with E-state index in [0.717, 1.165) is 12.5 Å². The molecule has 0 spiro atoms. The van der Waals surface area contributed by atoms with Crippen molar-refractivity contribution in [2.75, 3.05) is 0 Å². The molecule has 0 aliphatic rings. The average Bonchev–Trinajstić information content (AvgIpc) is 2.17. The molecule has 88 valence electrons. The molecule has 0 aliphatic carbocycles. The highest BCUT2D eigenvalue weighted by atomic mass is 32.2. The molecule has 16 heavy (non-hydrogen) atoms. The quantitative estimate of drug-likeness (QED) is 0.610. The van der Waals surface area contributed by atoms with Crippen LogP contribution in [0.3, 0.4) is 0 Å². The Balaban J connectivity index is 3.04. The molecule has 1 aromatic rings. The van der Waals surface area contributed by atoms with E-state index in [4.69, 9.17) is 0 Å². The first kappa shape index (κ1) is 12.6. The summed E-state index contributed by atoms with van der Waals surface area (Å²) in [6.45, 7) is 2.67. The van der Waals surface area contributed by atoms with Crippen LogP contribution in [0.15, 0.2) is 41.0 Å². The summed E-state index contributed by atoms with van der Waals surface area (Å²) in [6, 6.07) is 5.71. The van der Waals surface area contributed by atoms with Gasteiger partial charge in [0.05, 0.1) is 0 Å². The molecule has 0 atom stereocenters. The number of benzene rings is 1. The van der Waals surface area contributed by atoms with Crippen molar-refractivity contribution >= 4 is 10.1 Å². The number of allylic oxidation sites excluding steroid dienone is 1. The lowest BCUT2D eigenvalue weighted by molar-refractivity contribution is 0.329. The Labute approximate surface area is 92.5 Å². The maximum absolute atomic E-state index is 12.0. The molecule has 0 saturated heterocycles. The molecule has 0 N–H and O–H groups in total. The van der Waals surface area contributed by atoms with Gasteiger partial charge in [-0.2, -0.15) is 17.2 Å². The van der Waals surface area contributed by atoms with Crippen molar-refractivity contribution in [1.29, 1.82) is 0 Å². The zero-order chi connectivity index (χ0) is 12.3. The summed E-state index contributed by atoms with van der Waals surface area (Å²) >= 11 is 0. The fourth-order valence-electron chi connectivity index (χ4n) is 0.949. The van der Waals surface area contributed by atoms with Gasteiger partial charge in [-0.15, -0.1) is 0 Å². The second-order valence-electron chi connectivity index (χ2n) is 3.17. The van der Waals surface area contributed by atoms with E-state index in [-0.39, 0.29) is 4.90 Å². The molecule has 1 rings (SSSR count). The van der Waals surface area contributed by atoms with E-state index in [2.05, 4.69) is 4.18 Å². The van der Waals surface area contributed by atoms with Crippen LogP contribution in [0.25, 0.3) is 0 Å². The van der Waals surface area contributed by atoms with Crippen LogP contribution >= 0.6 is 0 Å². The van der Waals surface area contributed by atoms with Gasteiger partial charge in [0.15, 0.2) is 5.76 Å². The van der Waals surface area contributed by atoms with Crippen LogP contribution in [0.1, 0.15) is 12.5 Å². The molecular formula is C10H10F2O3S. The van der Waals surface area contributed by atoms with Gasteiger partial charge in [0.2, 0.25) is 0 Å². The Hall–Kier alpha value is -1.43. The fourth-order valence-corrected chi connectivity index (χ4v) is 1.91. The molecule has 1 aromatic carbocycles. The van der Waals surface area contributed by atoms with Crippen molar-refractivity contribution in [2.24, 2.45) is 0 Å². The van der Waals surface area contributed by atoms with Gasteiger partial charge in [-0.05, 0) is 19.1 Å². The molecule has 0 unspecified atom stereocenters. The van der Waals surface area contributed by atoms with Gasteiger partial charge in [-0.1, -0.05) is 17.7 Å². The van der Waals surface area contributed by atoms with E-state index < -0.39 is 22.0 Å². The number of halogens is 2. The first-order valence-electron chi connectivity index (χ1n) is 4.36. The zero-order valence-electron chi connectivity index (χ0n) is 8.70. The van der Waals surface area contributed by atoms with Crippen molar-refractivity contribution in [3.05, 3.63) is 41.7 Å². The first-order chi connectivity index (χ1) is 7.33. The lowest BCUT2D eigenvalue weighted by Gasteiger charge is -2.06. The van der Waals surface area contributed by atoms with Gasteiger partial charge < -0.3 is 4.18 Å². The van der Waals surface area contributed by atoms with Crippen LogP contribution < -0.4 is 0 Å². The van der Waals surface area contributed by atoms with Gasteiger partial charge >= 0.3 is 16.2 Å². The monoisotopic (exact) mass is 248 g/mol.